The Bertz CT molecular complexity index is 406. The van der Waals surface area contributed by atoms with Crippen LogP contribution in [0, 0.1) is 0 Å². The van der Waals surface area contributed by atoms with Crippen LogP contribution in [0.25, 0.3) is 0 Å². The molecule has 0 saturated heterocycles. The van der Waals surface area contributed by atoms with Gasteiger partial charge in [-0.15, -0.1) is 0 Å². The van der Waals surface area contributed by atoms with Gasteiger partial charge in [-0.05, 0) is 13.3 Å². The van der Waals surface area contributed by atoms with E-state index in [1.165, 1.54) is 24.6 Å². The third kappa shape index (κ3) is 4.82. The average molecular weight is 276 g/mol. The molecule has 1 N–H and O–H groups in total. The van der Waals surface area contributed by atoms with Gasteiger partial charge in [-0.2, -0.15) is 0 Å². The Balaban J connectivity index is 2.48. The van der Waals surface area contributed by atoms with E-state index in [0.29, 0.717) is 15.8 Å². The van der Waals surface area contributed by atoms with Gasteiger partial charge in [0.15, 0.2) is 5.13 Å². The Kier molecular flexibility index (Phi) is 5.57. The zero-order valence-corrected chi connectivity index (χ0v) is 11.7. The molecule has 0 aliphatic rings. The summed E-state index contributed by atoms with van der Waals surface area (Å²) < 4.78 is 15.5. The summed E-state index contributed by atoms with van der Waals surface area (Å²) in [7, 11) is 0.563. The van der Waals surface area contributed by atoms with E-state index in [-0.39, 0.29) is 12.0 Å². The molecule has 0 spiro atoms. The fourth-order valence-electron chi connectivity index (χ4n) is 1.16. The summed E-state index contributed by atoms with van der Waals surface area (Å²) in [5.41, 5.74) is 0. The van der Waals surface area contributed by atoms with E-state index in [2.05, 4.69) is 15.0 Å². The lowest BCUT2D eigenvalue weighted by atomic mass is 10.3. The van der Waals surface area contributed by atoms with Crippen LogP contribution in [0.5, 0.6) is 0 Å². The molecule has 7 heteroatoms. The largest absolute Gasteiger partial charge is 0.465 e. The Morgan fingerprint density at radius 3 is 3.00 bits per heavy atom. The molecule has 0 fully saturated rings. The highest BCUT2D eigenvalue weighted by atomic mass is 32.2. The lowest BCUT2D eigenvalue weighted by molar-refractivity contribution is 0.0606. The lowest BCUT2D eigenvalue weighted by Gasteiger charge is -2.11. The van der Waals surface area contributed by atoms with Crippen molar-refractivity contribution in [3.05, 3.63) is 11.1 Å². The molecule has 5 nitrogen and oxygen atoms in total. The predicted molar refractivity (Wildman–Crippen MR) is 70.1 cm³/mol. The minimum atomic E-state index is -0.779. The van der Waals surface area contributed by atoms with Crippen molar-refractivity contribution in [1.29, 1.82) is 0 Å². The molecule has 2 atom stereocenters. The number of nitrogens with zero attached hydrogens (tertiary/aromatic N) is 1. The number of carbonyl (C=O) groups is 1. The van der Waals surface area contributed by atoms with Crippen LogP contribution < -0.4 is 5.32 Å². The second kappa shape index (κ2) is 6.70. The van der Waals surface area contributed by atoms with E-state index in [1.807, 2.05) is 6.92 Å². The number of hydrogen-bond donors (Lipinski definition) is 1. The third-order valence-corrected chi connectivity index (χ3v) is 3.82. The number of nitrogens with one attached hydrogen (secondary N) is 1. The summed E-state index contributed by atoms with van der Waals surface area (Å²) in [6.45, 7) is 1.99. The van der Waals surface area contributed by atoms with E-state index < -0.39 is 10.8 Å². The molecule has 1 rings (SSSR count). The van der Waals surface area contributed by atoms with Crippen molar-refractivity contribution >= 4 is 33.2 Å². The van der Waals surface area contributed by atoms with Gasteiger partial charge in [-0.3, -0.25) is 4.21 Å². The highest BCUT2D eigenvalue weighted by molar-refractivity contribution is 7.84. The first kappa shape index (κ1) is 14.1. The zero-order valence-electron chi connectivity index (χ0n) is 10.1. The van der Waals surface area contributed by atoms with Crippen LogP contribution in [0.15, 0.2) is 6.20 Å². The number of carbonyl (C=O) groups excluding carboxylic acids is 1. The van der Waals surface area contributed by atoms with Gasteiger partial charge in [0.1, 0.15) is 4.88 Å². The van der Waals surface area contributed by atoms with Crippen molar-refractivity contribution in [3.63, 3.8) is 0 Å². The summed E-state index contributed by atoms with van der Waals surface area (Å²) in [5, 5.41) is 3.84. The second-order valence-electron chi connectivity index (χ2n) is 3.63. The quantitative estimate of drug-likeness (QED) is 0.797. The first-order valence-electron chi connectivity index (χ1n) is 5.13. The van der Waals surface area contributed by atoms with E-state index in [9.17, 15) is 9.00 Å². The first-order chi connectivity index (χ1) is 8.02. The Hall–Kier alpha value is -0.950. The number of aromatic nitrogens is 1. The van der Waals surface area contributed by atoms with Crippen LogP contribution in [-0.4, -0.2) is 40.3 Å². The highest BCUT2D eigenvalue weighted by Crippen LogP contribution is 2.19. The van der Waals surface area contributed by atoms with Gasteiger partial charge in [0.25, 0.3) is 0 Å². The number of anilines is 1. The molecule has 0 saturated carbocycles. The van der Waals surface area contributed by atoms with Gasteiger partial charge >= 0.3 is 5.97 Å². The van der Waals surface area contributed by atoms with Crippen LogP contribution in [-0.2, 0) is 15.5 Å². The average Bonchev–Trinajstić information content (AvgIpc) is 2.73. The second-order valence-corrected chi connectivity index (χ2v) is 6.22. The Morgan fingerprint density at radius 1 is 1.71 bits per heavy atom. The van der Waals surface area contributed by atoms with Crippen LogP contribution in [0.1, 0.15) is 23.0 Å². The van der Waals surface area contributed by atoms with E-state index >= 15 is 0 Å². The smallest absolute Gasteiger partial charge is 0.349 e. The monoisotopic (exact) mass is 276 g/mol. The fraction of sp³-hybridized carbons (Fsp3) is 0.600. The molecule has 0 bridgehead atoms. The molecule has 1 heterocycles. The van der Waals surface area contributed by atoms with Crippen LogP contribution >= 0.6 is 11.3 Å². The van der Waals surface area contributed by atoms with Crippen molar-refractivity contribution in [2.24, 2.45) is 0 Å². The zero-order chi connectivity index (χ0) is 12.8. The molecule has 2 unspecified atom stereocenters. The first-order valence-corrected chi connectivity index (χ1v) is 7.68. The SMILES string of the molecule is COC(=O)c1cnc(NC(C)CCS(C)=O)s1. The van der Waals surface area contributed by atoms with Gasteiger partial charge in [0.2, 0.25) is 0 Å². The molecule has 1 aromatic heterocycles. The van der Waals surface area contributed by atoms with Gasteiger partial charge < -0.3 is 10.1 Å². The van der Waals surface area contributed by atoms with Crippen LogP contribution in [0.3, 0.4) is 0 Å². The summed E-state index contributed by atoms with van der Waals surface area (Å²) in [4.78, 5) is 15.8. The number of ether oxygens (including phenoxy) is 1. The van der Waals surface area contributed by atoms with Crippen molar-refractivity contribution in [3.8, 4) is 0 Å². The summed E-state index contributed by atoms with van der Waals surface area (Å²) in [6.07, 6.45) is 3.98. The maximum absolute atomic E-state index is 11.2. The Morgan fingerprint density at radius 2 is 2.41 bits per heavy atom. The maximum atomic E-state index is 11.2. The number of esters is 1. The molecule has 1 aromatic rings. The molecular formula is C10H16N2O3S2. The minimum absolute atomic E-state index is 0.176. The van der Waals surface area contributed by atoms with Gasteiger partial charge in [-0.25, -0.2) is 9.78 Å². The standard InChI is InChI=1S/C10H16N2O3S2/c1-7(4-5-17(3)14)12-10-11-6-8(16-10)9(13)15-2/h6-7H,4-5H2,1-3H3,(H,11,12). The summed E-state index contributed by atoms with van der Waals surface area (Å²) >= 11 is 1.26. The van der Waals surface area contributed by atoms with E-state index in [0.717, 1.165) is 6.42 Å². The van der Waals surface area contributed by atoms with E-state index in [1.54, 1.807) is 6.26 Å². The highest BCUT2D eigenvalue weighted by Gasteiger charge is 2.12. The molecular weight excluding hydrogens is 260 g/mol. The molecule has 0 aliphatic heterocycles. The molecule has 96 valence electrons. The molecule has 0 amide bonds. The number of methoxy groups -OCH3 is 1. The van der Waals surface area contributed by atoms with Crippen LogP contribution in [0.4, 0.5) is 5.13 Å². The summed E-state index contributed by atoms with van der Waals surface area (Å²) in [6, 6.07) is 0.176. The van der Waals surface area contributed by atoms with Crippen LogP contribution in [0.2, 0.25) is 0 Å². The summed E-state index contributed by atoms with van der Waals surface area (Å²) in [5.74, 6) is 0.279. The normalized spacial score (nSPS) is 14.1. The maximum Gasteiger partial charge on any atom is 0.349 e. The molecule has 0 radical (unpaired) electrons. The van der Waals surface area contributed by atoms with Gasteiger partial charge in [0, 0.05) is 28.9 Å². The van der Waals surface area contributed by atoms with Crippen molar-refractivity contribution in [2.45, 2.75) is 19.4 Å². The molecule has 17 heavy (non-hydrogen) atoms. The Labute approximate surface area is 107 Å². The third-order valence-electron chi connectivity index (χ3n) is 2.10. The molecule has 0 aromatic carbocycles. The van der Waals surface area contributed by atoms with Crippen molar-refractivity contribution in [2.75, 3.05) is 24.4 Å². The molecule has 0 aliphatic carbocycles. The number of thiazole rings is 1. The lowest BCUT2D eigenvalue weighted by Crippen LogP contribution is -2.17. The minimum Gasteiger partial charge on any atom is -0.465 e. The fourth-order valence-corrected chi connectivity index (χ4v) is 2.69. The number of hydrogen-bond acceptors (Lipinski definition) is 6. The topological polar surface area (TPSA) is 68.3 Å². The van der Waals surface area contributed by atoms with Crippen molar-refractivity contribution < 1.29 is 13.7 Å². The van der Waals surface area contributed by atoms with E-state index in [4.69, 9.17) is 0 Å². The van der Waals surface area contributed by atoms with Crippen molar-refractivity contribution in [1.82, 2.24) is 4.98 Å². The number of rotatable bonds is 6. The predicted octanol–water partition coefficient (Wildman–Crippen LogP) is 1.50. The van der Waals surface area contributed by atoms with Gasteiger partial charge in [0.05, 0.1) is 13.3 Å². The van der Waals surface area contributed by atoms with Gasteiger partial charge in [-0.1, -0.05) is 11.3 Å².